The molecule has 0 aromatic heterocycles. The summed E-state index contributed by atoms with van der Waals surface area (Å²) in [4.78, 5) is 2.18. The molecule has 4 nitrogen and oxygen atoms in total. The van der Waals surface area contributed by atoms with E-state index in [2.05, 4.69) is 10.2 Å². The van der Waals surface area contributed by atoms with Crippen molar-refractivity contribution >= 4 is 12.4 Å². The fourth-order valence-electron chi connectivity index (χ4n) is 3.14. The fraction of sp³-hybridized carbons (Fsp3) is 0.400. The van der Waals surface area contributed by atoms with E-state index < -0.39 is 6.67 Å². The van der Waals surface area contributed by atoms with E-state index in [1.165, 1.54) is 0 Å². The van der Waals surface area contributed by atoms with Crippen LogP contribution in [0.4, 0.5) is 4.39 Å². The molecule has 0 radical (unpaired) electrons. The summed E-state index contributed by atoms with van der Waals surface area (Å²) < 4.78 is 25.1. The summed E-state index contributed by atoms with van der Waals surface area (Å²) in [6.45, 7) is 3.52. The Labute approximate surface area is 160 Å². The summed E-state index contributed by atoms with van der Waals surface area (Å²) in [6.07, 6.45) is 0. The molecule has 0 aliphatic carbocycles. The van der Waals surface area contributed by atoms with E-state index in [4.69, 9.17) is 9.47 Å². The Morgan fingerprint density at radius 3 is 2.46 bits per heavy atom. The van der Waals surface area contributed by atoms with E-state index in [1.807, 2.05) is 48.5 Å². The molecular weight excluding hydrogens is 355 g/mol. The molecular formula is C20H26ClFN2O2. The SMILES string of the molecule is COc1ccc([C@H](CF)N2CCNCC2)cc1OCc1ccccc1.Cl. The smallest absolute Gasteiger partial charge is 0.161 e. The van der Waals surface area contributed by atoms with Crippen molar-refractivity contribution in [3.05, 3.63) is 59.7 Å². The lowest BCUT2D eigenvalue weighted by atomic mass is 10.0. The molecule has 142 valence electrons. The highest BCUT2D eigenvalue weighted by Gasteiger charge is 2.23. The van der Waals surface area contributed by atoms with Gasteiger partial charge >= 0.3 is 0 Å². The van der Waals surface area contributed by atoms with Crippen LogP contribution in [0.1, 0.15) is 17.2 Å². The van der Waals surface area contributed by atoms with Crippen molar-refractivity contribution in [3.8, 4) is 11.5 Å². The number of ether oxygens (including phenoxy) is 2. The maximum absolute atomic E-state index is 13.8. The van der Waals surface area contributed by atoms with Crippen LogP contribution in [0.25, 0.3) is 0 Å². The summed E-state index contributed by atoms with van der Waals surface area (Å²) >= 11 is 0. The molecule has 0 unspecified atom stereocenters. The maximum Gasteiger partial charge on any atom is 0.161 e. The Hall–Kier alpha value is -1.82. The Bertz CT molecular complexity index is 666. The quantitative estimate of drug-likeness (QED) is 0.795. The number of methoxy groups -OCH3 is 1. The van der Waals surface area contributed by atoms with E-state index in [1.54, 1.807) is 7.11 Å². The van der Waals surface area contributed by atoms with Gasteiger partial charge in [0.25, 0.3) is 0 Å². The molecule has 0 spiro atoms. The van der Waals surface area contributed by atoms with Crippen molar-refractivity contribution in [2.45, 2.75) is 12.6 Å². The van der Waals surface area contributed by atoms with Gasteiger partial charge in [-0.3, -0.25) is 4.90 Å². The molecule has 1 saturated heterocycles. The third kappa shape index (κ3) is 5.10. The molecule has 1 aliphatic rings. The van der Waals surface area contributed by atoms with Crippen LogP contribution in [0, 0.1) is 0 Å². The van der Waals surface area contributed by atoms with Crippen molar-refractivity contribution in [1.82, 2.24) is 10.2 Å². The summed E-state index contributed by atoms with van der Waals surface area (Å²) in [5.74, 6) is 1.31. The lowest BCUT2D eigenvalue weighted by Gasteiger charge is -2.33. The molecule has 0 amide bonds. The van der Waals surface area contributed by atoms with E-state index in [0.717, 1.165) is 37.3 Å². The summed E-state index contributed by atoms with van der Waals surface area (Å²) in [5.41, 5.74) is 2.01. The molecule has 6 heteroatoms. The van der Waals surface area contributed by atoms with Crippen LogP contribution in [-0.2, 0) is 6.61 Å². The minimum absolute atomic E-state index is 0. The Kier molecular flexibility index (Phi) is 8.16. The number of rotatable bonds is 7. The van der Waals surface area contributed by atoms with Crippen LogP contribution in [0.2, 0.25) is 0 Å². The van der Waals surface area contributed by atoms with Crippen LogP contribution in [0.3, 0.4) is 0 Å². The first kappa shape index (κ1) is 20.5. The third-order valence-electron chi connectivity index (χ3n) is 4.55. The molecule has 26 heavy (non-hydrogen) atoms. The molecule has 2 aromatic rings. The number of nitrogens with zero attached hydrogens (tertiary/aromatic N) is 1. The van der Waals surface area contributed by atoms with Crippen LogP contribution in [0.15, 0.2) is 48.5 Å². The molecule has 1 atom stereocenters. The minimum atomic E-state index is -0.412. The van der Waals surface area contributed by atoms with E-state index in [-0.39, 0.29) is 18.4 Å². The van der Waals surface area contributed by atoms with Crippen LogP contribution in [-0.4, -0.2) is 44.9 Å². The summed E-state index contributed by atoms with van der Waals surface area (Å²) in [6, 6.07) is 15.4. The monoisotopic (exact) mass is 380 g/mol. The first-order valence-electron chi connectivity index (χ1n) is 8.67. The largest absolute Gasteiger partial charge is 0.493 e. The Morgan fingerprint density at radius 2 is 1.81 bits per heavy atom. The first-order chi connectivity index (χ1) is 12.3. The molecule has 1 aliphatic heterocycles. The van der Waals surface area contributed by atoms with E-state index in [0.29, 0.717) is 18.1 Å². The molecule has 2 aromatic carbocycles. The van der Waals surface area contributed by atoms with Crippen molar-refractivity contribution in [3.63, 3.8) is 0 Å². The second-order valence-electron chi connectivity index (χ2n) is 6.14. The second kappa shape index (κ2) is 10.4. The number of piperazine rings is 1. The van der Waals surface area contributed by atoms with E-state index in [9.17, 15) is 4.39 Å². The normalized spacial score (nSPS) is 15.8. The van der Waals surface area contributed by atoms with Gasteiger partial charge < -0.3 is 14.8 Å². The van der Waals surface area contributed by atoms with Gasteiger partial charge in [0, 0.05) is 26.2 Å². The second-order valence-corrected chi connectivity index (χ2v) is 6.14. The standard InChI is InChI=1S/C20H25FN2O2.ClH/c1-24-19-8-7-17(18(14-21)23-11-9-22-10-12-23)13-20(19)25-15-16-5-3-2-4-6-16;/h2-8,13,18,22H,9-12,14-15H2,1H3;1H/t18-;/m0./s1. The molecule has 0 bridgehead atoms. The molecule has 1 heterocycles. The maximum atomic E-state index is 13.8. The molecule has 0 saturated carbocycles. The van der Waals surface area contributed by atoms with Gasteiger partial charge in [0.1, 0.15) is 13.3 Å². The van der Waals surface area contributed by atoms with Gasteiger partial charge in [0.05, 0.1) is 13.2 Å². The molecule has 1 N–H and O–H groups in total. The minimum Gasteiger partial charge on any atom is -0.493 e. The number of nitrogens with one attached hydrogen (secondary N) is 1. The zero-order valence-corrected chi connectivity index (χ0v) is 15.8. The van der Waals surface area contributed by atoms with Crippen LogP contribution >= 0.6 is 12.4 Å². The Morgan fingerprint density at radius 1 is 1.08 bits per heavy atom. The summed E-state index contributed by atoms with van der Waals surface area (Å²) in [7, 11) is 1.62. The third-order valence-corrected chi connectivity index (χ3v) is 4.55. The highest BCUT2D eigenvalue weighted by atomic mass is 35.5. The molecule has 3 rings (SSSR count). The lowest BCUT2D eigenvalue weighted by Crippen LogP contribution is -2.45. The van der Waals surface area contributed by atoms with Crippen molar-refractivity contribution in [1.29, 1.82) is 0 Å². The zero-order valence-electron chi connectivity index (χ0n) is 15.0. The highest BCUT2D eigenvalue weighted by molar-refractivity contribution is 5.85. The average molecular weight is 381 g/mol. The van der Waals surface area contributed by atoms with Crippen molar-refractivity contribution < 1.29 is 13.9 Å². The zero-order chi connectivity index (χ0) is 17.5. The van der Waals surface area contributed by atoms with Crippen LogP contribution < -0.4 is 14.8 Å². The topological polar surface area (TPSA) is 33.7 Å². The number of hydrogen-bond acceptors (Lipinski definition) is 4. The number of alkyl halides is 1. The van der Waals surface area contributed by atoms with Gasteiger partial charge in [0.15, 0.2) is 11.5 Å². The van der Waals surface area contributed by atoms with Crippen molar-refractivity contribution in [2.24, 2.45) is 0 Å². The van der Waals surface area contributed by atoms with Gasteiger partial charge in [-0.1, -0.05) is 36.4 Å². The number of benzene rings is 2. The van der Waals surface area contributed by atoms with Gasteiger partial charge in [-0.25, -0.2) is 4.39 Å². The van der Waals surface area contributed by atoms with Gasteiger partial charge in [-0.05, 0) is 23.3 Å². The predicted molar refractivity (Wildman–Crippen MR) is 104 cm³/mol. The predicted octanol–water partition coefficient (Wildman–Crippen LogP) is 3.61. The first-order valence-corrected chi connectivity index (χ1v) is 8.67. The van der Waals surface area contributed by atoms with Crippen molar-refractivity contribution in [2.75, 3.05) is 40.0 Å². The highest BCUT2D eigenvalue weighted by Crippen LogP contribution is 2.33. The number of halogens is 2. The van der Waals surface area contributed by atoms with Crippen LogP contribution in [0.5, 0.6) is 11.5 Å². The average Bonchev–Trinajstić information content (AvgIpc) is 2.69. The molecule has 1 fully saturated rings. The van der Waals surface area contributed by atoms with Gasteiger partial charge in [0.2, 0.25) is 0 Å². The van der Waals surface area contributed by atoms with Gasteiger partial charge in [-0.2, -0.15) is 0 Å². The van der Waals surface area contributed by atoms with E-state index >= 15 is 0 Å². The lowest BCUT2D eigenvalue weighted by molar-refractivity contribution is 0.147. The van der Waals surface area contributed by atoms with Gasteiger partial charge in [-0.15, -0.1) is 12.4 Å². The number of hydrogen-bond donors (Lipinski definition) is 1. The fourth-order valence-corrected chi connectivity index (χ4v) is 3.14. The summed E-state index contributed by atoms with van der Waals surface area (Å²) in [5, 5.41) is 3.30. The Balaban J connectivity index is 0.00000243.